The minimum atomic E-state index is -0.689. The van der Waals surface area contributed by atoms with Gasteiger partial charge in [0.1, 0.15) is 0 Å². The van der Waals surface area contributed by atoms with Crippen molar-refractivity contribution in [2.24, 2.45) is 0 Å². The highest BCUT2D eigenvalue weighted by atomic mass is 16.7. The van der Waals surface area contributed by atoms with Crippen molar-refractivity contribution >= 4 is 0 Å². The lowest BCUT2D eigenvalue weighted by atomic mass is 9.84. The molecule has 4 nitrogen and oxygen atoms in total. The minimum absolute atomic E-state index is 0.123. The molecule has 116 valence electrons. The lowest BCUT2D eigenvalue weighted by Gasteiger charge is -2.43. The molecule has 2 aliphatic rings. The van der Waals surface area contributed by atoms with Crippen molar-refractivity contribution in [2.45, 2.75) is 44.1 Å². The van der Waals surface area contributed by atoms with Crippen LogP contribution in [-0.2, 0) is 15.1 Å². The molecule has 1 aromatic carbocycles. The van der Waals surface area contributed by atoms with Crippen LogP contribution in [0.2, 0.25) is 0 Å². The summed E-state index contributed by atoms with van der Waals surface area (Å²) in [6.07, 6.45) is 2.38. The maximum absolute atomic E-state index is 10.9. The number of likely N-dealkylation sites (tertiary alicyclic amines) is 1. The average molecular weight is 291 g/mol. The molecule has 1 N–H and O–H groups in total. The normalized spacial score (nSPS) is 25.6. The summed E-state index contributed by atoms with van der Waals surface area (Å²) in [5.41, 5.74) is 0.341. The molecule has 2 fully saturated rings. The lowest BCUT2D eigenvalue weighted by Crippen LogP contribution is -2.51. The second kappa shape index (κ2) is 6.44. The molecule has 4 heteroatoms. The molecular formula is C17H25NO3. The van der Waals surface area contributed by atoms with E-state index in [4.69, 9.17) is 9.47 Å². The summed E-state index contributed by atoms with van der Waals surface area (Å²) in [7, 11) is 0. The third-order valence-electron chi connectivity index (χ3n) is 4.76. The monoisotopic (exact) mass is 291 g/mol. The molecule has 21 heavy (non-hydrogen) atoms. The second-order valence-corrected chi connectivity index (χ2v) is 6.14. The van der Waals surface area contributed by atoms with Gasteiger partial charge in [0, 0.05) is 13.1 Å². The van der Waals surface area contributed by atoms with Crippen LogP contribution in [0, 0.1) is 0 Å². The molecule has 1 aromatic rings. The first kappa shape index (κ1) is 15.0. The summed E-state index contributed by atoms with van der Waals surface area (Å²) in [5.74, 6) is 0. The number of hydrogen-bond acceptors (Lipinski definition) is 4. The fraction of sp³-hybridized carbons (Fsp3) is 0.647. The van der Waals surface area contributed by atoms with Gasteiger partial charge < -0.3 is 14.6 Å². The first-order valence-electron chi connectivity index (χ1n) is 7.94. The highest BCUT2D eigenvalue weighted by Crippen LogP contribution is 2.33. The van der Waals surface area contributed by atoms with E-state index in [0.717, 1.165) is 51.1 Å². The molecule has 0 aromatic heterocycles. The molecule has 3 rings (SSSR count). The number of rotatable bonds is 3. The topological polar surface area (TPSA) is 41.9 Å². The minimum Gasteiger partial charge on any atom is -0.385 e. The van der Waals surface area contributed by atoms with Gasteiger partial charge in [0.2, 0.25) is 0 Å². The zero-order valence-corrected chi connectivity index (χ0v) is 12.7. The van der Waals surface area contributed by atoms with Crippen LogP contribution >= 0.6 is 0 Å². The van der Waals surface area contributed by atoms with E-state index in [1.165, 1.54) is 0 Å². The summed E-state index contributed by atoms with van der Waals surface area (Å²) in [6.45, 7) is 5.47. The highest BCUT2D eigenvalue weighted by Gasteiger charge is 2.37. The Hall–Kier alpha value is -0.940. The lowest BCUT2D eigenvalue weighted by molar-refractivity contribution is -0.211. The van der Waals surface area contributed by atoms with Gasteiger partial charge in [-0.2, -0.15) is 0 Å². The summed E-state index contributed by atoms with van der Waals surface area (Å²) < 4.78 is 11.4. The van der Waals surface area contributed by atoms with Crippen molar-refractivity contribution in [1.82, 2.24) is 4.90 Å². The second-order valence-electron chi connectivity index (χ2n) is 6.14. The number of aliphatic hydroxyl groups is 1. The third-order valence-corrected chi connectivity index (χ3v) is 4.76. The quantitative estimate of drug-likeness (QED) is 0.926. The SMILES string of the molecule is CC(C1OCCCO1)N1CCC(O)(c2ccccc2)CC1. The summed E-state index contributed by atoms with van der Waals surface area (Å²) in [6, 6.07) is 10.3. The maximum Gasteiger partial charge on any atom is 0.172 e. The van der Waals surface area contributed by atoms with Crippen LogP contribution in [-0.4, -0.2) is 48.6 Å². The molecule has 0 bridgehead atoms. The van der Waals surface area contributed by atoms with Crippen LogP contribution in [0.3, 0.4) is 0 Å². The first-order valence-corrected chi connectivity index (χ1v) is 7.94. The third kappa shape index (κ3) is 3.29. The van der Waals surface area contributed by atoms with Crippen molar-refractivity contribution in [2.75, 3.05) is 26.3 Å². The molecule has 0 aliphatic carbocycles. The molecule has 0 radical (unpaired) electrons. The van der Waals surface area contributed by atoms with E-state index >= 15 is 0 Å². The van der Waals surface area contributed by atoms with Gasteiger partial charge in [0.05, 0.1) is 24.9 Å². The van der Waals surface area contributed by atoms with Crippen molar-refractivity contribution in [3.8, 4) is 0 Å². The number of benzene rings is 1. The molecule has 2 aliphatic heterocycles. The first-order chi connectivity index (χ1) is 10.2. The standard InChI is InChI=1S/C17H25NO3/c1-14(16-20-12-5-13-21-16)18-10-8-17(19,9-11-18)15-6-3-2-4-7-15/h2-4,6-7,14,16,19H,5,8-13H2,1H3. The Kier molecular flexibility index (Phi) is 4.60. The predicted octanol–water partition coefficient (Wildman–Crippen LogP) is 2.12. The average Bonchev–Trinajstić information content (AvgIpc) is 2.57. The molecule has 2 saturated heterocycles. The van der Waals surface area contributed by atoms with Crippen molar-refractivity contribution in [3.05, 3.63) is 35.9 Å². The van der Waals surface area contributed by atoms with Gasteiger partial charge in [-0.3, -0.25) is 4.90 Å². The molecule has 1 atom stereocenters. The number of piperidine rings is 1. The number of nitrogens with zero attached hydrogens (tertiary/aromatic N) is 1. The zero-order chi connectivity index (χ0) is 14.7. The van der Waals surface area contributed by atoms with Crippen molar-refractivity contribution < 1.29 is 14.6 Å². The molecule has 0 amide bonds. The number of hydrogen-bond donors (Lipinski definition) is 1. The van der Waals surface area contributed by atoms with Crippen LogP contribution in [0.4, 0.5) is 0 Å². The van der Waals surface area contributed by atoms with Crippen molar-refractivity contribution in [3.63, 3.8) is 0 Å². The van der Waals surface area contributed by atoms with Crippen molar-refractivity contribution in [1.29, 1.82) is 0 Å². The maximum atomic E-state index is 10.9. The molecule has 0 saturated carbocycles. The Balaban J connectivity index is 1.59. The Morgan fingerprint density at radius 1 is 1.14 bits per heavy atom. The largest absolute Gasteiger partial charge is 0.385 e. The van der Waals surface area contributed by atoms with Gasteiger partial charge in [0.15, 0.2) is 6.29 Å². The van der Waals surface area contributed by atoms with E-state index in [-0.39, 0.29) is 12.3 Å². The van der Waals surface area contributed by atoms with Crippen LogP contribution in [0.1, 0.15) is 31.7 Å². The Morgan fingerprint density at radius 2 is 1.76 bits per heavy atom. The van der Waals surface area contributed by atoms with Gasteiger partial charge >= 0.3 is 0 Å². The van der Waals surface area contributed by atoms with E-state index in [1.54, 1.807) is 0 Å². The van der Waals surface area contributed by atoms with Crippen LogP contribution < -0.4 is 0 Å². The van der Waals surface area contributed by atoms with Crippen LogP contribution in [0.15, 0.2) is 30.3 Å². The van der Waals surface area contributed by atoms with Gasteiger partial charge in [-0.1, -0.05) is 30.3 Å². The van der Waals surface area contributed by atoms with E-state index in [0.29, 0.717) is 0 Å². The fourth-order valence-corrected chi connectivity index (χ4v) is 3.29. The number of ether oxygens (including phenoxy) is 2. The molecule has 0 spiro atoms. The summed E-state index contributed by atoms with van der Waals surface area (Å²) >= 11 is 0. The van der Waals surface area contributed by atoms with E-state index in [9.17, 15) is 5.11 Å². The van der Waals surface area contributed by atoms with Gasteiger partial charge in [-0.25, -0.2) is 0 Å². The molecule has 2 heterocycles. The van der Waals surface area contributed by atoms with Crippen LogP contribution in [0.25, 0.3) is 0 Å². The van der Waals surface area contributed by atoms with E-state index in [1.807, 2.05) is 30.3 Å². The smallest absolute Gasteiger partial charge is 0.172 e. The zero-order valence-electron chi connectivity index (χ0n) is 12.7. The van der Waals surface area contributed by atoms with Gasteiger partial charge in [-0.05, 0) is 31.7 Å². The fourth-order valence-electron chi connectivity index (χ4n) is 3.29. The molecule has 1 unspecified atom stereocenters. The Labute approximate surface area is 126 Å². The Morgan fingerprint density at radius 3 is 2.38 bits per heavy atom. The molecular weight excluding hydrogens is 266 g/mol. The van der Waals surface area contributed by atoms with Crippen LogP contribution in [0.5, 0.6) is 0 Å². The van der Waals surface area contributed by atoms with E-state index in [2.05, 4.69) is 11.8 Å². The van der Waals surface area contributed by atoms with E-state index < -0.39 is 5.60 Å². The van der Waals surface area contributed by atoms with Gasteiger partial charge in [-0.15, -0.1) is 0 Å². The predicted molar refractivity (Wildman–Crippen MR) is 80.9 cm³/mol. The Bertz CT molecular complexity index is 437. The highest BCUT2D eigenvalue weighted by molar-refractivity contribution is 5.23. The summed E-state index contributed by atoms with van der Waals surface area (Å²) in [5, 5.41) is 10.9. The van der Waals surface area contributed by atoms with Gasteiger partial charge in [0.25, 0.3) is 0 Å². The summed E-state index contributed by atoms with van der Waals surface area (Å²) in [4.78, 5) is 2.37.